The molecule has 1 rings (SSSR count). The first-order valence-corrected chi connectivity index (χ1v) is 6.93. The zero-order valence-electron chi connectivity index (χ0n) is 12.7. The van der Waals surface area contributed by atoms with Crippen LogP contribution in [0.3, 0.4) is 0 Å². The highest BCUT2D eigenvalue weighted by Gasteiger charge is 2.36. The highest BCUT2D eigenvalue weighted by atomic mass is 15.3. The molecule has 0 bridgehead atoms. The minimum atomic E-state index is 0.0863. The summed E-state index contributed by atoms with van der Waals surface area (Å²) in [7, 11) is 4.31. The zero-order valence-corrected chi connectivity index (χ0v) is 12.7. The van der Waals surface area contributed by atoms with Crippen LogP contribution in [0, 0.1) is 0 Å². The molecule has 1 N–H and O–H groups in total. The van der Waals surface area contributed by atoms with Crippen molar-refractivity contribution in [1.82, 2.24) is 20.0 Å². The lowest BCUT2D eigenvalue weighted by atomic mass is 9.85. The second-order valence-electron chi connectivity index (χ2n) is 5.17. The van der Waals surface area contributed by atoms with Gasteiger partial charge in [0.25, 0.3) is 0 Å². The van der Waals surface area contributed by atoms with Gasteiger partial charge in [0.15, 0.2) is 0 Å². The molecule has 4 nitrogen and oxygen atoms in total. The number of rotatable bonds is 7. The lowest BCUT2D eigenvalue weighted by Gasteiger charge is -2.43. The van der Waals surface area contributed by atoms with E-state index in [1.54, 1.807) is 0 Å². The van der Waals surface area contributed by atoms with Gasteiger partial charge in [0.1, 0.15) is 0 Å². The summed E-state index contributed by atoms with van der Waals surface area (Å²) < 4.78 is 2.09. The van der Waals surface area contributed by atoms with Gasteiger partial charge >= 0.3 is 0 Å². The van der Waals surface area contributed by atoms with E-state index in [-0.39, 0.29) is 5.54 Å². The molecule has 2 atom stereocenters. The topological polar surface area (TPSA) is 33.1 Å². The second kappa shape index (κ2) is 6.34. The Morgan fingerprint density at radius 1 is 1.39 bits per heavy atom. The molecule has 1 aromatic heterocycles. The monoisotopic (exact) mass is 252 g/mol. The maximum atomic E-state index is 4.40. The van der Waals surface area contributed by atoms with E-state index < -0.39 is 0 Å². The molecule has 1 aromatic rings. The zero-order chi connectivity index (χ0) is 13.8. The van der Waals surface area contributed by atoms with E-state index in [0.29, 0.717) is 6.04 Å². The molecule has 0 aliphatic carbocycles. The average molecular weight is 252 g/mol. The predicted octanol–water partition coefficient (Wildman–Crippen LogP) is 2.28. The van der Waals surface area contributed by atoms with Gasteiger partial charge in [-0.2, -0.15) is 5.10 Å². The number of nitrogens with zero attached hydrogens (tertiary/aromatic N) is 3. The quantitative estimate of drug-likeness (QED) is 0.808. The molecule has 1 heterocycles. The Labute approximate surface area is 111 Å². The number of aryl methyl sites for hydroxylation is 1. The van der Waals surface area contributed by atoms with Crippen LogP contribution in [-0.4, -0.2) is 40.9 Å². The summed E-state index contributed by atoms with van der Waals surface area (Å²) in [5.74, 6) is 0. The third-order valence-electron chi connectivity index (χ3n) is 4.11. The molecule has 0 aliphatic rings. The van der Waals surface area contributed by atoms with Gasteiger partial charge < -0.3 is 10.2 Å². The molecular formula is C14H28N4. The van der Waals surface area contributed by atoms with Crippen molar-refractivity contribution in [3.8, 4) is 0 Å². The van der Waals surface area contributed by atoms with Crippen molar-refractivity contribution < 1.29 is 0 Å². The van der Waals surface area contributed by atoms with Crippen molar-refractivity contribution in [2.45, 2.75) is 52.2 Å². The van der Waals surface area contributed by atoms with Gasteiger partial charge in [0.05, 0.1) is 11.7 Å². The van der Waals surface area contributed by atoms with Crippen molar-refractivity contribution in [3.63, 3.8) is 0 Å². The average Bonchev–Trinajstić information content (AvgIpc) is 2.82. The molecule has 18 heavy (non-hydrogen) atoms. The summed E-state index contributed by atoms with van der Waals surface area (Å²) >= 11 is 0. The van der Waals surface area contributed by atoms with Crippen LogP contribution in [0.25, 0.3) is 0 Å². The summed E-state index contributed by atoms with van der Waals surface area (Å²) in [6, 6.07) is 2.43. The Kier molecular flexibility index (Phi) is 5.35. The van der Waals surface area contributed by atoms with E-state index in [0.717, 1.165) is 19.5 Å². The van der Waals surface area contributed by atoms with E-state index in [2.05, 4.69) is 67.9 Å². The Hall–Kier alpha value is -0.870. The van der Waals surface area contributed by atoms with E-state index in [4.69, 9.17) is 0 Å². The van der Waals surface area contributed by atoms with E-state index in [1.807, 2.05) is 6.20 Å². The molecule has 4 heteroatoms. The Bertz CT molecular complexity index is 358. The number of aromatic nitrogens is 2. The first kappa shape index (κ1) is 15.2. The molecule has 0 aliphatic heterocycles. The number of hydrogen-bond donors (Lipinski definition) is 1. The van der Waals surface area contributed by atoms with Crippen molar-refractivity contribution >= 4 is 0 Å². The first-order valence-electron chi connectivity index (χ1n) is 6.93. The largest absolute Gasteiger partial charge is 0.307 e. The fourth-order valence-corrected chi connectivity index (χ4v) is 2.48. The van der Waals surface area contributed by atoms with Crippen LogP contribution in [0.15, 0.2) is 12.3 Å². The summed E-state index contributed by atoms with van der Waals surface area (Å²) in [5.41, 5.74) is 1.36. The molecule has 0 aromatic carbocycles. The highest BCUT2D eigenvalue weighted by Crippen LogP contribution is 2.32. The van der Waals surface area contributed by atoms with Gasteiger partial charge in [-0.15, -0.1) is 0 Å². The van der Waals surface area contributed by atoms with Crippen LogP contribution in [0.5, 0.6) is 0 Å². The SMILES string of the molecule is CCNC(c1ccnn1CC)C(C)(CC)N(C)C. The standard InChI is InChI=1S/C14H28N4/c1-7-14(4,17(5)6)13(15-8-2)12-10-11-16-18(12)9-3/h10-11,13,15H,7-9H2,1-6H3. The van der Waals surface area contributed by atoms with Gasteiger partial charge in [-0.25, -0.2) is 0 Å². The van der Waals surface area contributed by atoms with E-state index in [9.17, 15) is 0 Å². The third-order valence-corrected chi connectivity index (χ3v) is 4.11. The van der Waals surface area contributed by atoms with Crippen molar-refractivity contribution in [2.24, 2.45) is 0 Å². The highest BCUT2D eigenvalue weighted by molar-refractivity contribution is 5.14. The maximum absolute atomic E-state index is 4.40. The van der Waals surface area contributed by atoms with Gasteiger partial charge in [-0.05, 0) is 47.0 Å². The maximum Gasteiger partial charge on any atom is 0.0675 e. The van der Waals surface area contributed by atoms with Gasteiger partial charge in [-0.3, -0.25) is 4.68 Å². The molecule has 2 unspecified atom stereocenters. The van der Waals surface area contributed by atoms with Crippen LogP contribution < -0.4 is 5.32 Å². The fourth-order valence-electron chi connectivity index (χ4n) is 2.48. The van der Waals surface area contributed by atoms with Gasteiger partial charge in [0, 0.05) is 18.3 Å². The number of hydrogen-bond acceptors (Lipinski definition) is 3. The Morgan fingerprint density at radius 2 is 2.06 bits per heavy atom. The van der Waals surface area contributed by atoms with Crippen LogP contribution >= 0.6 is 0 Å². The molecule has 0 fully saturated rings. The van der Waals surface area contributed by atoms with Crippen LogP contribution in [0.4, 0.5) is 0 Å². The first-order chi connectivity index (χ1) is 8.51. The fraction of sp³-hybridized carbons (Fsp3) is 0.786. The summed E-state index contributed by atoms with van der Waals surface area (Å²) in [5, 5.41) is 8.03. The van der Waals surface area contributed by atoms with Crippen molar-refractivity contribution in [1.29, 1.82) is 0 Å². The smallest absolute Gasteiger partial charge is 0.0675 e. The summed E-state index contributed by atoms with van der Waals surface area (Å²) in [4.78, 5) is 2.31. The molecule has 0 amide bonds. The second-order valence-corrected chi connectivity index (χ2v) is 5.17. The third kappa shape index (κ3) is 2.75. The minimum Gasteiger partial charge on any atom is -0.307 e. The lowest BCUT2D eigenvalue weighted by Crippen LogP contribution is -2.51. The Balaban J connectivity index is 3.16. The number of nitrogens with one attached hydrogen (secondary N) is 1. The summed E-state index contributed by atoms with van der Waals surface area (Å²) in [6.07, 6.45) is 2.99. The van der Waals surface area contributed by atoms with Crippen LogP contribution in [-0.2, 0) is 6.54 Å². The van der Waals surface area contributed by atoms with Crippen LogP contribution in [0.2, 0.25) is 0 Å². The molecular weight excluding hydrogens is 224 g/mol. The molecule has 0 spiro atoms. The molecule has 0 saturated heterocycles. The van der Waals surface area contributed by atoms with Crippen molar-refractivity contribution in [3.05, 3.63) is 18.0 Å². The van der Waals surface area contributed by atoms with Gasteiger partial charge in [0.2, 0.25) is 0 Å². The predicted molar refractivity (Wildman–Crippen MR) is 76.7 cm³/mol. The molecule has 104 valence electrons. The van der Waals surface area contributed by atoms with E-state index >= 15 is 0 Å². The summed E-state index contributed by atoms with van der Waals surface area (Å²) in [6.45, 7) is 10.7. The van der Waals surface area contributed by atoms with Crippen molar-refractivity contribution in [2.75, 3.05) is 20.6 Å². The lowest BCUT2D eigenvalue weighted by molar-refractivity contribution is 0.109. The van der Waals surface area contributed by atoms with Crippen LogP contribution in [0.1, 0.15) is 45.9 Å². The Morgan fingerprint density at radius 3 is 2.50 bits per heavy atom. The molecule has 0 saturated carbocycles. The van der Waals surface area contributed by atoms with Gasteiger partial charge in [-0.1, -0.05) is 13.8 Å². The molecule has 0 radical (unpaired) electrons. The van der Waals surface area contributed by atoms with E-state index in [1.165, 1.54) is 5.69 Å². The normalized spacial score (nSPS) is 16.8. The minimum absolute atomic E-state index is 0.0863. The number of likely N-dealkylation sites (N-methyl/N-ethyl adjacent to an activating group) is 2.